The Labute approximate surface area is 58.0 Å². The van der Waals surface area contributed by atoms with E-state index in [1.54, 1.807) is 0 Å². The lowest BCUT2D eigenvalue weighted by molar-refractivity contribution is 0.383. The first-order valence-corrected chi connectivity index (χ1v) is 3.71. The molecule has 0 spiro atoms. The number of hydrogen-bond donors (Lipinski definition) is 0. The maximum Gasteiger partial charge on any atom is -0.0122 e. The van der Waals surface area contributed by atoms with Gasteiger partial charge in [0.2, 0.25) is 0 Å². The Hall–Kier alpha value is -0.260. The van der Waals surface area contributed by atoms with Crippen molar-refractivity contribution in [2.45, 2.75) is 33.6 Å². The Morgan fingerprint density at radius 1 is 1.44 bits per heavy atom. The van der Waals surface area contributed by atoms with E-state index in [1.807, 2.05) is 0 Å². The highest BCUT2D eigenvalue weighted by atomic mass is 14.4. The molecule has 0 heteroatoms. The van der Waals surface area contributed by atoms with Crippen molar-refractivity contribution < 1.29 is 0 Å². The lowest BCUT2D eigenvalue weighted by atomic mass is 9.81. The van der Waals surface area contributed by atoms with Crippen molar-refractivity contribution in [3.05, 3.63) is 12.2 Å². The molecular formula is C9H16. The predicted octanol–water partition coefficient (Wildman–Crippen LogP) is 3.00. The molecule has 9 heavy (non-hydrogen) atoms. The Morgan fingerprint density at radius 2 is 1.89 bits per heavy atom. The molecule has 0 radical (unpaired) electrons. The van der Waals surface area contributed by atoms with Crippen LogP contribution in [0.15, 0.2) is 12.2 Å². The summed E-state index contributed by atoms with van der Waals surface area (Å²) >= 11 is 0. The zero-order valence-electron chi connectivity index (χ0n) is 6.70. The van der Waals surface area contributed by atoms with Crippen molar-refractivity contribution in [2.75, 3.05) is 0 Å². The average Bonchev–Trinajstić information content (AvgIpc) is 2.42. The first-order valence-electron chi connectivity index (χ1n) is 3.71. The molecule has 1 aliphatic rings. The molecular weight excluding hydrogens is 108 g/mol. The summed E-state index contributed by atoms with van der Waals surface area (Å²) in [4.78, 5) is 0. The van der Waals surface area contributed by atoms with Crippen molar-refractivity contribution in [3.63, 3.8) is 0 Å². The molecule has 1 rings (SSSR count). The topological polar surface area (TPSA) is 0 Å². The van der Waals surface area contributed by atoms with Gasteiger partial charge in [-0.3, -0.25) is 0 Å². The minimum absolute atomic E-state index is 0.417. The minimum atomic E-state index is 0.417. The van der Waals surface area contributed by atoms with E-state index in [2.05, 4.69) is 27.4 Å². The lowest BCUT2D eigenvalue weighted by Gasteiger charge is -2.24. The van der Waals surface area contributed by atoms with E-state index in [0.717, 1.165) is 5.92 Å². The molecule has 0 N–H and O–H groups in total. The van der Waals surface area contributed by atoms with Crippen molar-refractivity contribution >= 4 is 0 Å². The van der Waals surface area contributed by atoms with Gasteiger partial charge in [-0.05, 0) is 31.1 Å². The van der Waals surface area contributed by atoms with Gasteiger partial charge in [0.1, 0.15) is 0 Å². The van der Waals surface area contributed by atoms with E-state index < -0.39 is 0 Å². The minimum Gasteiger partial charge on any atom is -0.0996 e. The Balaban J connectivity index is 2.59. The van der Waals surface area contributed by atoms with Crippen molar-refractivity contribution in [1.82, 2.24) is 0 Å². The molecule has 1 fully saturated rings. The quantitative estimate of drug-likeness (QED) is 0.496. The molecule has 0 aliphatic heterocycles. The van der Waals surface area contributed by atoms with Crippen LogP contribution < -0.4 is 0 Å². The predicted molar refractivity (Wildman–Crippen MR) is 41.3 cm³/mol. The molecule has 0 atom stereocenters. The summed E-state index contributed by atoms with van der Waals surface area (Å²) in [6.45, 7) is 10.7. The van der Waals surface area contributed by atoms with Crippen LogP contribution in [0.25, 0.3) is 0 Å². The monoisotopic (exact) mass is 124 g/mol. The summed E-state index contributed by atoms with van der Waals surface area (Å²) in [6, 6.07) is 0. The summed E-state index contributed by atoms with van der Waals surface area (Å²) in [6.07, 6.45) is 2.83. The van der Waals surface area contributed by atoms with Crippen LogP contribution >= 0.6 is 0 Å². The second kappa shape index (κ2) is 1.86. The molecule has 52 valence electrons. The van der Waals surface area contributed by atoms with Gasteiger partial charge in [0.05, 0.1) is 0 Å². The maximum absolute atomic E-state index is 3.99. The molecule has 0 heterocycles. The maximum atomic E-state index is 3.99. The van der Waals surface area contributed by atoms with Gasteiger partial charge in [-0.25, -0.2) is 0 Å². The largest absolute Gasteiger partial charge is 0.0996 e. The second-order valence-corrected chi connectivity index (χ2v) is 3.78. The van der Waals surface area contributed by atoms with Crippen LogP contribution in [0.4, 0.5) is 0 Å². The Morgan fingerprint density at radius 3 is 2.00 bits per heavy atom. The SMILES string of the molecule is C=C(C)C(C)(C)C1CC1. The summed E-state index contributed by atoms with van der Waals surface area (Å²) < 4.78 is 0. The van der Waals surface area contributed by atoms with E-state index in [1.165, 1.54) is 18.4 Å². The molecule has 0 aromatic rings. The molecule has 0 aromatic carbocycles. The fourth-order valence-electron chi connectivity index (χ4n) is 1.15. The average molecular weight is 124 g/mol. The van der Waals surface area contributed by atoms with Crippen LogP contribution in [0.5, 0.6) is 0 Å². The second-order valence-electron chi connectivity index (χ2n) is 3.78. The van der Waals surface area contributed by atoms with Crippen LogP contribution in [-0.4, -0.2) is 0 Å². The van der Waals surface area contributed by atoms with Crippen molar-refractivity contribution in [3.8, 4) is 0 Å². The highest BCUT2D eigenvalue weighted by Gasteiger charge is 2.37. The molecule has 0 unspecified atom stereocenters. The molecule has 0 amide bonds. The van der Waals surface area contributed by atoms with Gasteiger partial charge in [0.25, 0.3) is 0 Å². The van der Waals surface area contributed by atoms with E-state index in [0.29, 0.717) is 5.41 Å². The van der Waals surface area contributed by atoms with Crippen LogP contribution in [0.1, 0.15) is 33.6 Å². The van der Waals surface area contributed by atoms with E-state index in [-0.39, 0.29) is 0 Å². The van der Waals surface area contributed by atoms with Gasteiger partial charge in [-0.2, -0.15) is 0 Å². The summed E-state index contributed by atoms with van der Waals surface area (Å²) in [5, 5.41) is 0. The van der Waals surface area contributed by atoms with Crippen molar-refractivity contribution in [1.29, 1.82) is 0 Å². The fraction of sp³-hybridized carbons (Fsp3) is 0.778. The molecule has 1 aliphatic carbocycles. The van der Waals surface area contributed by atoms with Gasteiger partial charge >= 0.3 is 0 Å². The Kier molecular flexibility index (Phi) is 1.42. The molecule has 0 nitrogen and oxygen atoms in total. The van der Waals surface area contributed by atoms with E-state index in [4.69, 9.17) is 0 Å². The van der Waals surface area contributed by atoms with Gasteiger partial charge in [-0.1, -0.05) is 26.0 Å². The highest BCUT2D eigenvalue weighted by molar-refractivity contribution is 5.09. The summed E-state index contributed by atoms with van der Waals surface area (Å²) in [5.74, 6) is 0.940. The standard InChI is InChI=1S/C9H16/c1-7(2)9(3,4)8-5-6-8/h8H,1,5-6H2,2-4H3. The molecule has 0 bridgehead atoms. The first kappa shape index (κ1) is 6.85. The fourth-order valence-corrected chi connectivity index (χ4v) is 1.15. The van der Waals surface area contributed by atoms with Crippen molar-refractivity contribution in [2.24, 2.45) is 11.3 Å². The highest BCUT2D eigenvalue weighted by Crippen LogP contribution is 2.48. The third-order valence-electron chi connectivity index (χ3n) is 2.70. The normalized spacial score (nSPS) is 19.9. The smallest absolute Gasteiger partial charge is 0.0122 e. The Bertz CT molecular complexity index is 127. The van der Waals surface area contributed by atoms with Gasteiger partial charge in [0.15, 0.2) is 0 Å². The summed E-state index contributed by atoms with van der Waals surface area (Å²) in [7, 11) is 0. The van der Waals surface area contributed by atoms with E-state index >= 15 is 0 Å². The van der Waals surface area contributed by atoms with Gasteiger partial charge in [-0.15, -0.1) is 0 Å². The van der Waals surface area contributed by atoms with Crippen LogP contribution in [0, 0.1) is 11.3 Å². The number of allylic oxidation sites excluding steroid dienone is 1. The zero-order chi connectivity index (χ0) is 7.07. The third-order valence-corrected chi connectivity index (χ3v) is 2.70. The first-order chi connectivity index (χ1) is 4.05. The molecule has 0 saturated heterocycles. The summed E-state index contributed by atoms with van der Waals surface area (Å²) in [5.41, 5.74) is 1.75. The van der Waals surface area contributed by atoms with Gasteiger partial charge < -0.3 is 0 Å². The van der Waals surface area contributed by atoms with Crippen LogP contribution in [0.3, 0.4) is 0 Å². The third kappa shape index (κ3) is 1.17. The van der Waals surface area contributed by atoms with E-state index in [9.17, 15) is 0 Å². The van der Waals surface area contributed by atoms with Crippen LogP contribution in [-0.2, 0) is 0 Å². The number of hydrogen-bond acceptors (Lipinski definition) is 0. The van der Waals surface area contributed by atoms with Crippen LogP contribution in [0.2, 0.25) is 0 Å². The molecule has 1 saturated carbocycles. The zero-order valence-corrected chi connectivity index (χ0v) is 6.70. The number of rotatable bonds is 2. The lowest BCUT2D eigenvalue weighted by Crippen LogP contribution is -2.14. The van der Waals surface area contributed by atoms with Gasteiger partial charge in [0, 0.05) is 0 Å². The molecule has 0 aromatic heterocycles.